The van der Waals surface area contributed by atoms with E-state index < -0.39 is 0 Å². The van der Waals surface area contributed by atoms with Gasteiger partial charge in [0.1, 0.15) is 0 Å². The second kappa shape index (κ2) is 10.8. The highest BCUT2D eigenvalue weighted by atomic mass is 14.5. The van der Waals surface area contributed by atoms with Gasteiger partial charge in [0.05, 0.1) is 0 Å². The number of hydrogen-bond acceptors (Lipinski definition) is 1. The van der Waals surface area contributed by atoms with Gasteiger partial charge >= 0.3 is 0 Å². The summed E-state index contributed by atoms with van der Waals surface area (Å²) in [6.07, 6.45) is 9.94. The van der Waals surface area contributed by atoms with Crippen molar-refractivity contribution in [2.45, 2.75) is 20.8 Å². The molecule has 0 amide bonds. The minimum absolute atomic E-state index is 0.697. The first-order chi connectivity index (χ1) is 4.81. The predicted molar refractivity (Wildman–Crippen MR) is 47.3 cm³/mol. The van der Waals surface area contributed by atoms with Gasteiger partial charge in [0, 0.05) is 5.70 Å². The molecule has 0 rings (SSSR count). The standard InChI is InChI=1S/C7H9N.C2H6/c1-3-5-6-7(8)4-2;1-2/h1,4-6H,8H2,2H3;1-2H3/b6-5-,7-4+;. The lowest BCUT2D eigenvalue weighted by Crippen LogP contribution is -1.89. The van der Waals surface area contributed by atoms with Crippen LogP contribution in [0, 0.1) is 12.3 Å². The molecule has 56 valence electrons. The largest absolute Gasteiger partial charge is 0.399 e. The molecule has 0 aliphatic carbocycles. The molecule has 0 aliphatic heterocycles. The number of allylic oxidation sites excluding steroid dienone is 3. The molecule has 0 spiro atoms. The smallest absolute Gasteiger partial charge is 0.0277 e. The van der Waals surface area contributed by atoms with Crippen molar-refractivity contribution in [3.05, 3.63) is 23.9 Å². The van der Waals surface area contributed by atoms with Gasteiger partial charge in [-0.1, -0.05) is 25.8 Å². The summed E-state index contributed by atoms with van der Waals surface area (Å²) in [5.74, 6) is 2.33. The topological polar surface area (TPSA) is 26.0 Å². The highest BCUT2D eigenvalue weighted by molar-refractivity contribution is 5.21. The maximum absolute atomic E-state index is 5.34. The van der Waals surface area contributed by atoms with E-state index in [0.29, 0.717) is 5.70 Å². The van der Waals surface area contributed by atoms with Crippen LogP contribution in [-0.4, -0.2) is 0 Å². The van der Waals surface area contributed by atoms with Crippen LogP contribution < -0.4 is 5.73 Å². The molecule has 0 saturated heterocycles. The monoisotopic (exact) mass is 137 g/mol. The van der Waals surface area contributed by atoms with E-state index in [9.17, 15) is 0 Å². The molecule has 0 aromatic heterocycles. The van der Waals surface area contributed by atoms with Crippen LogP contribution in [0.15, 0.2) is 23.9 Å². The Morgan fingerprint density at radius 1 is 1.50 bits per heavy atom. The zero-order valence-corrected chi connectivity index (χ0v) is 6.89. The fraction of sp³-hybridized carbons (Fsp3) is 0.333. The van der Waals surface area contributed by atoms with Crippen LogP contribution in [0.2, 0.25) is 0 Å². The van der Waals surface area contributed by atoms with Crippen LogP contribution in [0.1, 0.15) is 20.8 Å². The van der Waals surface area contributed by atoms with Gasteiger partial charge in [0.15, 0.2) is 0 Å². The van der Waals surface area contributed by atoms with Gasteiger partial charge in [0.2, 0.25) is 0 Å². The Morgan fingerprint density at radius 3 is 2.30 bits per heavy atom. The van der Waals surface area contributed by atoms with Gasteiger partial charge in [-0.25, -0.2) is 0 Å². The molecule has 2 N–H and O–H groups in total. The van der Waals surface area contributed by atoms with Crippen LogP contribution in [0.5, 0.6) is 0 Å². The molecule has 0 bridgehead atoms. The number of rotatable bonds is 1. The van der Waals surface area contributed by atoms with E-state index in [1.54, 1.807) is 18.2 Å². The average molecular weight is 137 g/mol. The number of nitrogens with two attached hydrogens (primary N) is 1. The molecule has 0 aromatic carbocycles. The van der Waals surface area contributed by atoms with Gasteiger partial charge in [-0.15, -0.1) is 6.42 Å². The first kappa shape index (κ1) is 11.6. The summed E-state index contributed by atoms with van der Waals surface area (Å²) in [5, 5.41) is 0. The van der Waals surface area contributed by atoms with E-state index in [1.807, 2.05) is 20.8 Å². The SMILES string of the molecule is C#C/C=C\C(N)=C/C.CC. The lowest BCUT2D eigenvalue weighted by atomic mass is 10.4. The maximum Gasteiger partial charge on any atom is 0.0277 e. The van der Waals surface area contributed by atoms with Crippen LogP contribution in [0.3, 0.4) is 0 Å². The van der Waals surface area contributed by atoms with Crippen molar-refractivity contribution < 1.29 is 0 Å². The predicted octanol–water partition coefficient (Wildman–Crippen LogP) is 2.06. The van der Waals surface area contributed by atoms with Gasteiger partial charge in [-0.3, -0.25) is 0 Å². The van der Waals surface area contributed by atoms with Crippen molar-refractivity contribution in [1.29, 1.82) is 0 Å². The van der Waals surface area contributed by atoms with Crippen LogP contribution >= 0.6 is 0 Å². The van der Waals surface area contributed by atoms with Gasteiger partial charge in [-0.2, -0.15) is 0 Å². The summed E-state index contributed by atoms with van der Waals surface area (Å²) in [6.45, 7) is 5.86. The fourth-order valence-corrected chi connectivity index (χ4v) is 0.241. The van der Waals surface area contributed by atoms with Crippen LogP contribution in [-0.2, 0) is 0 Å². The minimum atomic E-state index is 0.697. The molecular formula is C9H15N. The molecule has 0 radical (unpaired) electrons. The van der Waals surface area contributed by atoms with Crippen LogP contribution in [0.4, 0.5) is 0 Å². The molecule has 0 unspecified atom stereocenters. The maximum atomic E-state index is 5.34. The zero-order chi connectivity index (χ0) is 8.41. The zero-order valence-electron chi connectivity index (χ0n) is 6.89. The highest BCUT2D eigenvalue weighted by Gasteiger charge is 1.71. The molecule has 0 fully saturated rings. The van der Waals surface area contributed by atoms with Gasteiger partial charge in [0.25, 0.3) is 0 Å². The van der Waals surface area contributed by atoms with Crippen molar-refractivity contribution in [1.82, 2.24) is 0 Å². The normalized spacial score (nSPS) is 10.0. The summed E-state index contributed by atoms with van der Waals surface area (Å²) < 4.78 is 0. The molecule has 0 atom stereocenters. The lowest BCUT2D eigenvalue weighted by molar-refractivity contribution is 1.40. The molecule has 1 heteroatoms. The van der Waals surface area contributed by atoms with E-state index in [4.69, 9.17) is 12.2 Å². The van der Waals surface area contributed by atoms with Crippen molar-refractivity contribution in [3.63, 3.8) is 0 Å². The van der Waals surface area contributed by atoms with E-state index in [1.165, 1.54) is 0 Å². The van der Waals surface area contributed by atoms with Gasteiger partial charge < -0.3 is 5.73 Å². The van der Waals surface area contributed by atoms with Crippen molar-refractivity contribution in [2.24, 2.45) is 5.73 Å². The Kier molecular flexibility index (Phi) is 12.5. The first-order valence-electron chi connectivity index (χ1n) is 3.35. The summed E-state index contributed by atoms with van der Waals surface area (Å²) in [6, 6.07) is 0. The second-order valence-corrected chi connectivity index (χ2v) is 1.29. The Bertz CT molecular complexity index is 147. The molecule has 10 heavy (non-hydrogen) atoms. The van der Waals surface area contributed by atoms with Gasteiger partial charge in [-0.05, 0) is 19.1 Å². The summed E-state index contributed by atoms with van der Waals surface area (Å²) in [4.78, 5) is 0. The number of hydrogen-bond donors (Lipinski definition) is 1. The van der Waals surface area contributed by atoms with Crippen molar-refractivity contribution >= 4 is 0 Å². The van der Waals surface area contributed by atoms with E-state index in [-0.39, 0.29) is 0 Å². The quantitative estimate of drug-likeness (QED) is 0.434. The van der Waals surface area contributed by atoms with Crippen molar-refractivity contribution in [2.75, 3.05) is 0 Å². The third-order valence-corrected chi connectivity index (χ3v) is 0.705. The molecule has 0 saturated carbocycles. The third kappa shape index (κ3) is 9.96. The average Bonchev–Trinajstić information content (AvgIpc) is 2.04. The minimum Gasteiger partial charge on any atom is -0.399 e. The van der Waals surface area contributed by atoms with Crippen LogP contribution in [0.25, 0.3) is 0 Å². The Morgan fingerprint density at radius 2 is 2.00 bits per heavy atom. The summed E-state index contributed by atoms with van der Waals surface area (Å²) in [5.41, 5.74) is 6.03. The lowest BCUT2D eigenvalue weighted by Gasteiger charge is -1.82. The van der Waals surface area contributed by atoms with E-state index in [0.717, 1.165) is 0 Å². The Hall–Kier alpha value is -1.16. The Labute approximate surface area is 63.6 Å². The third-order valence-electron chi connectivity index (χ3n) is 0.705. The van der Waals surface area contributed by atoms with E-state index in [2.05, 4.69) is 5.92 Å². The molecule has 1 nitrogen and oxygen atoms in total. The molecule has 0 heterocycles. The molecule has 0 aliphatic rings. The number of terminal acetylenes is 1. The Balaban J connectivity index is 0. The fourth-order valence-electron chi connectivity index (χ4n) is 0.241. The molecule has 0 aromatic rings. The second-order valence-electron chi connectivity index (χ2n) is 1.29. The van der Waals surface area contributed by atoms with Crippen molar-refractivity contribution in [3.8, 4) is 12.3 Å². The highest BCUT2D eigenvalue weighted by Crippen LogP contribution is 1.82. The summed E-state index contributed by atoms with van der Waals surface area (Å²) in [7, 11) is 0. The molecular weight excluding hydrogens is 122 g/mol. The first-order valence-corrected chi connectivity index (χ1v) is 3.35. The summed E-state index contributed by atoms with van der Waals surface area (Å²) >= 11 is 0. The van der Waals surface area contributed by atoms with E-state index >= 15 is 0 Å².